The molecule has 3 nitrogen and oxygen atoms in total. The highest BCUT2D eigenvalue weighted by Gasteiger charge is 2.50. The predicted octanol–water partition coefficient (Wildman–Crippen LogP) is 4.81. The molecule has 0 spiro atoms. The zero-order chi connectivity index (χ0) is 21.1. The highest BCUT2D eigenvalue weighted by atomic mass is 15.7. The van der Waals surface area contributed by atoms with Gasteiger partial charge in [0.15, 0.2) is 0 Å². The van der Waals surface area contributed by atoms with Crippen molar-refractivity contribution in [2.45, 2.75) is 19.6 Å². The predicted molar refractivity (Wildman–Crippen MR) is 124 cm³/mol. The molecule has 1 saturated heterocycles. The quantitative estimate of drug-likeness (QED) is 0.519. The Bertz CT molecular complexity index is 804. The molecule has 0 N–H and O–H groups in total. The van der Waals surface area contributed by atoms with E-state index >= 15 is 0 Å². The molecule has 1 aliphatic heterocycles. The summed E-state index contributed by atoms with van der Waals surface area (Å²) in [7, 11) is 7.36. The number of benzene rings is 3. The van der Waals surface area contributed by atoms with Crippen LogP contribution in [0, 0.1) is 0 Å². The normalized spacial score (nSPS) is 28.9. The molecule has 0 saturated carbocycles. The Balaban J connectivity index is 1.64. The van der Waals surface area contributed by atoms with Gasteiger partial charge >= 0.3 is 0 Å². The molecule has 0 aliphatic carbocycles. The van der Waals surface area contributed by atoms with Gasteiger partial charge < -0.3 is 0 Å². The maximum atomic E-state index is 2.45. The molecule has 156 valence electrons. The highest BCUT2D eigenvalue weighted by Crippen LogP contribution is 2.31. The summed E-state index contributed by atoms with van der Waals surface area (Å²) in [5.74, 6) is 0. The fourth-order valence-corrected chi connectivity index (χ4v) is 5.98. The van der Waals surface area contributed by atoms with Crippen molar-refractivity contribution in [2.24, 2.45) is 0 Å². The summed E-state index contributed by atoms with van der Waals surface area (Å²) in [5, 5.41) is 0. The smallest absolute Gasteiger partial charge is 0.216 e. The molecule has 3 aromatic rings. The van der Waals surface area contributed by atoms with Crippen LogP contribution in [0.5, 0.6) is 0 Å². The highest BCUT2D eigenvalue weighted by molar-refractivity contribution is 5.15. The van der Waals surface area contributed by atoms with Crippen LogP contribution in [0.25, 0.3) is 0 Å². The zero-order valence-electron chi connectivity index (χ0n) is 18.7. The van der Waals surface area contributed by atoms with E-state index in [2.05, 4.69) is 112 Å². The van der Waals surface area contributed by atoms with Crippen LogP contribution >= 0.6 is 0 Å². The minimum Gasteiger partial charge on any atom is -0.230 e. The minimum atomic E-state index is 1.05. The maximum Gasteiger partial charge on any atom is 0.216 e. The molecule has 0 amide bonds. The molecule has 0 unspecified atom stereocenters. The summed E-state index contributed by atoms with van der Waals surface area (Å²) in [5.41, 5.74) is 4.29. The minimum absolute atomic E-state index is 1.05. The molecule has 0 aromatic heterocycles. The third-order valence-electron chi connectivity index (χ3n) is 6.27. The Morgan fingerprint density at radius 2 is 0.667 bits per heavy atom. The average molecular weight is 403 g/mol. The van der Waals surface area contributed by atoms with Crippen LogP contribution < -0.4 is 0 Å². The van der Waals surface area contributed by atoms with Gasteiger partial charge in [0, 0.05) is 16.7 Å². The first-order valence-corrected chi connectivity index (χ1v) is 11.0. The Hall–Kier alpha value is -2.46. The summed E-state index contributed by atoms with van der Waals surface area (Å²) >= 11 is 0. The lowest BCUT2D eigenvalue weighted by Crippen LogP contribution is -2.74. The first-order valence-electron chi connectivity index (χ1n) is 11.0. The summed E-state index contributed by atoms with van der Waals surface area (Å²) in [6, 6.07) is 33.0. The van der Waals surface area contributed by atoms with Crippen LogP contribution in [0.2, 0.25) is 0 Å². The van der Waals surface area contributed by atoms with Crippen molar-refractivity contribution in [1.82, 2.24) is 0 Å². The van der Waals surface area contributed by atoms with Gasteiger partial charge in [-0.15, -0.1) is 0 Å². The lowest BCUT2D eigenvalue weighted by atomic mass is 10.1. The monoisotopic (exact) mass is 402 g/mol. The average Bonchev–Trinajstić information content (AvgIpc) is 2.68. The van der Waals surface area contributed by atoms with Crippen molar-refractivity contribution < 1.29 is 13.4 Å². The van der Waals surface area contributed by atoms with Crippen molar-refractivity contribution in [3.63, 3.8) is 0 Å². The number of hydrogen-bond acceptors (Lipinski definition) is 0. The van der Waals surface area contributed by atoms with E-state index in [1.165, 1.54) is 16.7 Å². The van der Waals surface area contributed by atoms with Gasteiger partial charge in [0.2, 0.25) is 20.0 Å². The number of quaternary nitrogens is 3. The second kappa shape index (κ2) is 8.35. The van der Waals surface area contributed by atoms with Gasteiger partial charge in [-0.25, -0.2) is 13.4 Å². The first kappa shape index (κ1) is 20.8. The Labute approximate surface area is 182 Å². The molecule has 1 heterocycles. The van der Waals surface area contributed by atoms with Gasteiger partial charge in [-0.05, 0) is 0 Å². The van der Waals surface area contributed by atoms with Gasteiger partial charge in [0.25, 0.3) is 0 Å². The second-order valence-electron chi connectivity index (χ2n) is 10.2. The zero-order valence-corrected chi connectivity index (χ0v) is 18.7. The van der Waals surface area contributed by atoms with E-state index in [0.717, 1.165) is 53.1 Å². The van der Waals surface area contributed by atoms with E-state index in [1.807, 2.05) is 0 Å². The second-order valence-corrected chi connectivity index (χ2v) is 10.2. The summed E-state index contributed by atoms with van der Waals surface area (Å²) in [4.78, 5) is 0. The van der Waals surface area contributed by atoms with E-state index in [-0.39, 0.29) is 0 Å². The lowest BCUT2D eigenvalue weighted by molar-refractivity contribution is -1.27. The molecule has 4 rings (SSSR count). The van der Waals surface area contributed by atoms with Crippen molar-refractivity contribution in [3.8, 4) is 0 Å². The van der Waals surface area contributed by atoms with Crippen LogP contribution in [0.15, 0.2) is 91.0 Å². The molecular formula is C27H36N3+3. The van der Waals surface area contributed by atoms with Gasteiger partial charge in [-0.3, -0.25) is 0 Å². The van der Waals surface area contributed by atoms with Crippen molar-refractivity contribution >= 4 is 0 Å². The molecule has 3 heteroatoms. The van der Waals surface area contributed by atoms with Crippen LogP contribution in [0.4, 0.5) is 0 Å². The van der Waals surface area contributed by atoms with Crippen molar-refractivity contribution in [3.05, 3.63) is 108 Å². The summed E-state index contributed by atoms with van der Waals surface area (Å²) in [6.45, 7) is 6.66. The maximum absolute atomic E-state index is 2.45. The topological polar surface area (TPSA) is 0 Å². The van der Waals surface area contributed by atoms with Gasteiger partial charge in [0.1, 0.15) is 19.6 Å². The molecule has 1 fully saturated rings. The Morgan fingerprint density at radius 3 is 0.900 bits per heavy atom. The Morgan fingerprint density at radius 1 is 0.433 bits per heavy atom. The number of hydrogen-bond donors (Lipinski definition) is 0. The third kappa shape index (κ3) is 5.17. The van der Waals surface area contributed by atoms with Gasteiger partial charge in [-0.2, -0.15) is 0 Å². The van der Waals surface area contributed by atoms with E-state index < -0.39 is 0 Å². The standard InChI is InChI=1S/C27H36N3/c1-28(19-25-13-7-4-8-14-25)22-29(2,20-26-15-9-5-10-16-26)24-30(3,23-28)21-27-17-11-6-12-18-27/h4-18H,19-24H2,1-3H3/q+3. The number of nitrogens with zero attached hydrogens (tertiary/aromatic N) is 3. The fraction of sp³-hybridized carbons (Fsp3) is 0.333. The summed E-state index contributed by atoms with van der Waals surface area (Å²) < 4.78 is 3.16. The van der Waals surface area contributed by atoms with E-state index in [4.69, 9.17) is 0 Å². The Kier molecular flexibility index (Phi) is 5.79. The van der Waals surface area contributed by atoms with Crippen molar-refractivity contribution in [2.75, 3.05) is 41.1 Å². The molecule has 0 atom stereocenters. The van der Waals surface area contributed by atoms with Crippen LogP contribution in [0.1, 0.15) is 16.7 Å². The third-order valence-corrected chi connectivity index (χ3v) is 6.27. The van der Waals surface area contributed by atoms with E-state index in [0.29, 0.717) is 0 Å². The van der Waals surface area contributed by atoms with Crippen molar-refractivity contribution in [1.29, 1.82) is 0 Å². The number of rotatable bonds is 6. The van der Waals surface area contributed by atoms with Crippen LogP contribution in [-0.4, -0.2) is 54.6 Å². The van der Waals surface area contributed by atoms with Crippen LogP contribution in [-0.2, 0) is 19.6 Å². The first-order chi connectivity index (χ1) is 14.4. The molecular weight excluding hydrogens is 366 g/mol. The lowest BCUT2D eigenvalue weighted by Gasteiger charge is -2.53. The van der Waals surface area contributed by atoms with E-state index in [9.17, 15) is 0 Å². The SMILES string of the molecule is C[N+]1(Cc2ccccc2)C[N+](C)(Cc2ccccc2)C[N+](C)(Cc2ccccc2)C1. The summed E-state index contributed by atoms with van der Waals surface area (Å²) in [6.07, 6.45) is 0. The largest absolute Gasteiger partial charge is 0.230 e. The molecule has 30 heavy (non-hydrogen) atoms. The molecule has 0 bridgehead atoms. The van der Waals surface area contributed by atoms with Gasteiger partial charge in [0.05, 0.1) is 21.1 Å². The molecule has 1 aliphatic rings. The van der Waals surface area contributed by atoms with Crippen LogP contribution in [0.3, 0.4) is 0 Å². The fourth-order valence-electron chi connectivity index (χ4n) is 5.98. The molecule has 3 aromatic carbocycles. The van der Waals surface area contributed by atoms with Gasteiger partial charge in [-0.1, -0.05) is 91.0 Å². The van der Waals surface area contributed by atoms with E-state index in [1.54, 1.807) is 0 Å². The molecule has 0 radical (unpaired) electrons.